The Morgan fingerprint density at radius 2 is 1.58 bits per heavy atom. The van der Waals surface area contributed by atoms with Crippen molar-refractivity contribution in [3.8, 4) is 0 Å². The minimum atomic E-state index is -6.06. The van der Waals surface area contributed by atoms with Gasteiger partial charge in [-0.2, -0.15) is 0 Å². The van der Waals surface area contributed by atoms with Crippen molar-refractivity contribution in [3.63, 3.8) is 0 Å². The Labute approximate surface area is 223 Å². The molecule has 1 aliphatic rings. The first-order valence-corrected chi connectivity index (χ1v) is 11.3. The maximum atomic E-state index is 11.6. The van der Waals surface area contributed by atoms with Crippen LogP contribution in [0.2, 0.25) is 0 Å². The molecule has 1 saturated heterocycles. The number of nitrogens with zero attached hydrogens (tertiary/aromatic N) is 1. The molecule has 15 nitrogen and oxygen atoms in total. The van der Waals surface area contributed by atoms with E-state index in [2.05, 4.69) is 13.1 Å². The van der Waals surface area contributed by atoms with Crippen LogP contribution in [0.15, 0.2) is 21.9 Å². The van der Waals surface area contributed by atoms with E-state index in [0.29, 0.717) is 0 Å². The van der Waals surface area contributed by atoms with Crippen molar-refractivity contribution in [1.29, 1.82) is 0 Å². The molecule has 0 aromatic carbocycles. The van der Waals surface area contributed by atoms with Gasteiger partial charge in [0.2, 0.25) is 0 Å². The monoisotopic (exact) mass is 476 g/mol. The number of ether oxygens (including phenoxy) is 1. The fourth-order valence-electron chi connectivity index (χ4n) is 2.13. The van der Waals surface area contributed by atoms with Gasteiger partial charge in [0.25, 0.3) is 21.2 Å². The molecule has 1 aliphatic heterocycles. The maximum absolute atomic E-state index is 11.6. The first-order valence-electron chi connectivity index (χ1n) is 6.95. The van der Waals surface area contributed by atoms with E-state index in [4.69, 9.17) is 4.74 Å². The van der Waals surface area contributed by atoms with Crippen LogP contribution >= 0.6 is 23.5 Å². The number of rotatable bonds is 8. The molecule has 0 radical (unpaired) electrons. The Hall–Kier alpha value is 1.44. The van der Waals surface area contributed by atoms with Gasteiger partial charge in [0, 0.05) is 12.3 Å². The third kappa shape index (κ3) is 13.2. The molecule has 0 spiro atoms. The largest absolute Gasteiger partial charge is 1.00 e. The third-order valence-electron chi connectivity index (χ3n) is 3.07. The van der Waals surface area contributed by atoms with Crippen molar-refractivity contribution in [2.45, 2.75) is 25.2 Å². The smallest absolute Gasteiger partial charge is 0.790 e. The van der Waals surface area contributed by atoms with Crippen molar-refractivity contribution in [2.24, 2.45) is 0 Å². The molecule has 22 heteroatoms. The standard InChI is InChI=1S/C9H15N2O13P3.4Li/c12-7-3-4-11(9(13)10-7)8-2-1-6(22-8)5-21-26(17,18)24-27(19,20)23-25(14,15)16;;;;/h3-4,6,8H,1-2,5H2,(H,17,18)(H,19,20)(H,10,12,13)(H2,14,15,16);;;;/q;4*+1/p-4/t6-,8+;;;;/m0..../s1. The molecule has 154 valence electrons. The molecular formula is C9H11Li4N2O13P3. The molecule has 2 unspecified atom stereocenters. The van der Waals surface area contributed by atoms with Gasteiger partial charge < -0.3 is 33.4 Å². The van der Waals surface area contributed by atoms with Gasteiger partial charge in [-0.1, -0.05) is 0 Å². The second kappa shape index (κ2) is 14.8. The van der Waals surface area contributed by atoms with E-state index in [1.165, 1.54) is 6.20 Å². The second-order valence-corrected chi connectivity index (χ2v) is 9.36. The molecule has 31 heavy (non-hydrogen) atoms. The van der Waals surface area contributed by atoms with Gasteiger partial charge in [-0.15, -0.1) is 0 Å². The predicted molar refractivity (Wildman–Crippen MR) is 75.4 cm³/mol. The SMILES string of the molecule is O=c1ccn([C@H]2CC[C@@H](COP(=O)([O-])OP(=O)([O-])OP(=O)([O-])[O-])O2)c(=O)[nH]1.[Li+].[Li+].[Li+].[Li+]. The van der Waals surface area contributed by atoms with Crippen LogP contribution in [0.1, 0.15) is 19.1 Å². The number of phosphoric ester groups is 1. The van der Waals surface area contributed by atoms with Gasteiger partial charge in [0.1, 0.15) is 6.23 Å². The van der Waals surface area contributed by atoms with Gasteiger partial charge in [0.05, 0.1) is 20.5 Å². The quantitative estimate of drug-likeness (QED) is 0.271. The minimum absolute atomic E-state index is 0. The summed E-state index contributed by atoms with van der Waals surface area (Å²) in [6.45, 7) is -0.734. The van der Waals surface area contributed by atoms with E-state index in [-0.39, 0.29) is 88.3 Å². The normalized spacial score (nSPS) is 21.8. The zero-order valence-electron chi connectivity index (χ0n) is 17.0. The number of phosphoric acid groups is 3. The minimum Gasteiger partial charge on any atom is -0.790 e. The van der Waals surface area contributed by atoms with Crippen LogP contribution in [0.4, 0.5) is 0 Å². The fraction of sp³-hybridized carbons (Fsp3) is 0.556. The Bertz CT molecular complexity index is 951. The molecule has 1 N–H and O–H groups in total. The van der Waals surface area contributed by atoms with Crippen LogP contribution < -0.4 is 106 Å². The van der Waals surface area contributed by atoms with Crippen molar-refractivity contribution < 1.29 is 127 Å². The van der Waals surface area contributed by atoms with Crippen LogP contribution in [-0.2, 0) is 31.6 Å². The molecule has 0 aliphatic carbocycles. The predicted octanol–water partition coefficient (Wildman–Crippen LogP) is -15.0. The number of hydrogen-bond donors (Lipinski definition) is 1. The van der Waals surface area contributed by atoms with Gasteiger partial charge in [-0.05, 0) is 12.8 Å². The summed E-state index contributed by atoms with van der Waals surface area (Å²) in [4.78, 5) is 67.5. The number of nitrogens with one attached hydrogen (secondary N) is 1. The Morgan fingerprint density at radius 3 is 2.10 bits per heavy atom. The Balaban J connectivity index is -0.00000196. The van der Waals surface area contributed by atoms with E-state index in [1.807, 2.05) is 4.98 Å². The van der Waals surface area contributed by atoms with Gasteiger partial charge in [-0.3, -0.25) is 27.8 Å². The topological polar surface area (TPSA) is 235 Å². The van der Waals surface area contributed by atoms with E-state index in [9.17, 15) is 42.9 Å². The number of aromatic nitrogens is 2. The zero-order chi connectivity index (χ0) is 20.5. The zero-order valence-corrected chi connectivity index (χ0v) is 19.7. The first kappa shape index (κ1) is 37.0. The Morgan fingerprint density at radius 1 is 1.00 bits per heavy atom. The molecule has 1 aromatic heterocycles. The third-order valence-corrected chi connectivity index (χ3v) is 6.73. The van der Waals surface area contributed by atoms with Gasteiger partial charge >= 0.3 is 81.1 Å². The summed E-state index contributed by atoms with van der Waals surface area (Å²) in [5.74, 6) is 0. The number of H-pyrrole nitrogens is 1. The summed E-state index contributed by atoms with van der Waals surface area (Å²) in [6, 6.07) is 1.07. The number of aromatic amines is 1. The Kier molecular flexibility index (Phi) is 17.6. The summed E-state index contributed by atoms with van der Waals surface area (Å²) in [7, 11) is -17.7. The molecule has 2 heterocycles. The van der Waals surface area contributed by atoms with Gasteiger partial charge in [-0.25, -0.2) is 9.11 Å². The van der Waals surface area contributed by atoms with Crippen molar-refractivity contribution in [2.75, 3.05) is 6.61 Å². The summed E-state index contributed by atoms with van der Waals surface area (Å²) in [6.07, 6.45) is -0.139. The summed E-state index contributed by atoms with van der Waals surface area (Å²) in [5.41, 5.74) is -1.38. The van der Waals surface area contributed by atoms with Crippen molar-refractivity contribution in [3.05, 3.63) is 33.1 Å². The van der Waals surface area contributed by atoms with E-state index in [1.54, 1.807) is 0 Å². The maximum Gasteiger partial charge on any atom is 1.00 e. The van der Waals surface area contributed by atoms with E-state index < -0.39 is 53.7 Å². The van der Waals surface area contributed by atoms with Crippen LogP contribution in [0.5, 0.6) is 0 Å². The molecule has 0 amide bonds. The fourth-order valence-corrected chi connectivity index (χ4v) is 5.01. The van der Waals surface area contributed by atoms with Crippen LogP contribution in [-0.4, -0.2) is 22.3 Å². The summed E-state index contributed by atoms with van der Waals surface area (Å²) >= 11 is 0. The first-order chi connectivity index (χ1) is 12.3. The van der Waals surface area contributed by atoms with Crippen LogP contribution in [0, 0.1) is 0 Å². The van der Waals surface area contributed by atoms with Crippen molar-refractivity contribution >= 4 is 23.5 Å². The molecular weight excluding hydrogens is 465 g/mol. The molecule has 1 aromatic rings. The average molecular weight is 476 g/mol. The molecule has 0 bridgehead atoms. The van der Waals surface area contributed by atoms with E-state index in [0.717, 1.165) is 10.6 Å². The number of hydrogen-bond acceptors (Lipinski definition) is 13. The average Bonchev–Trinajstić information content (AvgIpc) is 2.90. The molecule has 1 fully saturated rings. The second-order valence-electron chi connectivity index (χ2n) is 5.11. The van der Waals surface area contributed by atoms with Crippen LogP contribution in [0.3, 0.4) is 0 Å². The van der Waals surface area contributed by atoms with Crippen LogP contribution in [0.25, 0.3) is 0 Å². The van der Waals surface area contributed by atoms with Gasteiger partial charge in [0.15, 0.2) is 0 Å². The van der Waals surface area contributed by atoms with Crippen molar-refractivity contribution in [1.82, 2.24) is 9.55 Å². The molecule has 4 atom stereocenters. The van der Waals surface area contributed by atoms with E-state index >= 15 is 0 Å². The summed E-state index contributed by atoms with van der Waals surface area (Å²) in [5, 5.41) is 0. The molecule has 2 rings (SSSR count). The molecule has 0 saturated carbocycles. The summed E-state index contributed by atoms with van der Waals surface area (Å²) < 4.78 is 49.8.